The predicted octanol–water partition coefficient (Wildman–Crippen LogP) is 2.83. The standard InChI is InChI=1S/C21H26FN5/c1-14-6-3-4-7-16(14)17-12-19(17)26-21(23-2)25-15-9-11-27(13-15)20-18(22)8-5-10-24-20/h3-8,10,15,17,19H,9,11-13H2,1-2H3,(H2,23,25,26). The van der Waals surface area contributed by atoms with Crippen LogP contribution in [0.15, 0.2) is 47.6 Å². The van der Waals surface area contributed by atoms with Crippen LogP contribution < -0.4 is 15.5 Å². The Labute approximate surface area is 159 Å². The van der Waals surface area contributed by atoms with Gasteiger partial charge in [0.15, 0.2) is 17.6 Å². The molecule has 1 aromatic heterocycles. The average Bonchev–Trinajstić information content (AvgIpc) is 3.28. The van der Waals surface area contributed by atoms with Crippen molar-refractivity contribution in [1.82, 2.24) is 15.6 Å². The van der Waals surface area contributed by atoms with Gasteiger partial charge >= 0.3 is 0 Å². The maximum atomic E-state index is 14.0. The molecule has 1 aliphatic heterocycles. The largest absolute Gasteiger partial charge is 0.353 e. The Balaban J connectivity index is 1.32. The van der Waals surface area contributed by atoms with Gasteiger partial charge in [-0.15, -0.1) is 0 Å². The zero-order chi connectivity index (χ0) is 18.8. The monoisotopic (exact) mass is 367 g/mol. The Hall–Kier alpha value is -2.63. The van der Waals surface area contributed by atoms with Gasteiger partial charge in [0.1, 0.15) is 0 Å². The van der Waals surface area contributed by atoms with Gasteiger partial charge in [-0.3, -0.25) is 4.99 Å². The van der Waals surface area contributed by atoms with E-state index in [4.69, 9.17) is 0 Å². The lowest BCUT2D eigenvalue weighted by molar-refractivity contribution is 0.612. The molecule has 0 amide bonds. The van der Waals surface area contributed by atoms with Crippen molar-refractivity contribution >= 4 is 11.8 Å². The summed E-state index contributed by atoms with van der Waals surface area (Å²) in [7, 11) is 1.80. The van der Waals surface area contributed by atoms with E-state index in [9.17, 15) is 4.39 Å². The van der Waals surface area contributed by atoms with Crippen LogP contribution in [0.4, 0.5) is 10.2 Å². The fourth-order valence-corrected chi connectivity index (χ4v) is 3.92. The number of anilines is 1. The lowest BCUT2D eigenvalue weighted by atomic mass is 10.0. The fourth-order valence-electron chi connectivity index (χ4n) is 3.92. The van der Waals surface area contributed by atoms with Crippen molar-refractivity contribution in [3.8, 4) is 0 Å². The van der Waals surface area contributed by atoms with Gasteiger partial charge in [-0.2, -0.15) is 0 Å². The van der Waals surface area contributed by atoms with Gasteiger partial charge in [-0.1, -0.05) is 24.3 Å². The third-order valence-electron chi connectivity index (χ3n) is 5.49. The number of guanidine groups is 1. The van der Waals surface area contributed by atoms with Crippen LogP contribution in [0, 0.1) is 12.7 Å². The number of halogens is 1. The summed E-state index contributed by atoms with van der Waals surface area (Å²) in [6.07, 6.45) is 3.70. The Kier molecular flexibility index (Phi) is 4.97. The molecule has 2 fully saturated rings. The minimum Gasteiger partial charge on any atom is -0.353 e. The highest BCUT2D eigenvalue weighted by atomic mass is 19.1. The molecule has 2 aromatic rings. The second kappa shape index (κ2) is 7.55. The lowest BCUT2D eigenvalue weighted by Gasteiger charge is -2.20. The van der Waals surface area contributed by atoms with Crippen LogP contribution in [0.1, 0.15) is 29.9 Å². The van der Waals surface area contributed by atoms with Crippen LogP contribution in [0.5, 0.6) is 0 Å². The number of aryl methyl sites for hydroxylation is 1. The summed E-state index contributed by atoms with van der Waals surface area (Å²) in [4.78, 5) is 10.6. The van der Waals surface area contributed by atoms with Crippen LogP contribution in [-0.2, 0) is 0 Å². The zero-order valence-corrected chi connectivity index (χ0v) is 15.8. The van der Waals surface area contributed by atoms with E-state index in [-0.39, 0.29) is 11.9 Å². The highest BCUT2D eigenvalue weighted by Gasteiger charge is 2.40. The first kappa shape index (κ1) is 17.8. The van der Waals surface area contributed by atoms with Crippen molar-refractivity contribution in [3.05, 3.63) is 59.5 Å². The van der Waals surface area contributed by atoms with Crippen molar-refractivity contribution in [2.24, 2.45) is 4.99 Å². The maximum absolute atomic E-state index is 14.0. The number of hydrogen-bond acceptors (Lipinski definition) is 3. The molecule has 2 aliphatic rings. The first-order valence-electron chi connectivity index (χ1n) is 9.56. The van der Waals surface area contributed by atoms with Crippen molar-refractivity contribution in [2.45, 2.75) is 37.8 Å². The molecule has 0 spiro atoms. The number of pyridine rings is 1. The first-order chi connectivity index (χ1) is 13.2. The molecule has 4 rings (SSSR count). The average molecular weight is 367 g/mol. The SMILES string of the molecule is CN=C(NC1CCN(c2ncccc2F)C1)NC1CC1c1ccccc1C. The van der Waals surface area contributed by atoms with Gasteiger partial charge in [-0.25, -0.2) is 9.37 Å². The molecule has 6 heteroatoms. The summed E-state index contributed by atoms with van der Waals surface area (Å²) in [5, 5.41) is 7.03. The normalized spacial score (nSPS) is 24.8. The van der Waals surface area contributed by atoms with Gasteiger partial charge in [-0.05, 0) is 43.0 Å². The summed E-state index contributed by atoms with van der Waals surface area (Å²) < 4.78 is 14.0. The highest BCUT2D eigenvalue weighted by Crippen LogP contribution is 2.42. The van der Waals surface area contributed by atoms with Crippen molar-refractivity contribution in [2.75, 3.05) is 25.0 Å². The van der Waals surface area contributed by atoms with E-state index in [0.29, 0.717) is 17.8 Å². The Morgan fingerprint density at radius 3 is 2.85 bits per heavy atom. The van der Waals surface area contributed by atoms with E-state index in [1.807, 2.05) is 4.90 Å². The van der Waals surface area contributed by atoms with Crippen LogP contribution >= 0.6 is 0 Å². The van der Waals surface area contributed by atoms with Crippen LogP contribution in [0.2, 0.25) is 0 Å². The van der Waals surface area contributed by atoms with E-state index >= 15 is 0 Å². The minimum atomic E-state index is -0.264. The molecule has 2 N–H and O–H groups in total. The van der Waals surface area contributed by atoms with Gasteiger partial charge in [0.2, 0.25) is 0 Å². The van der Waals surface area contributed by atoms with Crippen LogP contribution in [-0.4, -0.2) is 43.2 Å². The van der Waals surface area contributed by atoms with Crippen LogP contribution in [0.25, 0.3) is 0 Å². The molecule has 0 bridgehead atoms. The molecule has 142 valence electrons. The van der Waals surface area contributed by atoms with E-state index in [1.165, 1.54) is 17.2 Å². The molecule has 0 radical (unpaired) electrons. The summed E-state index contributed by atoms with van der Waals surface area (Å²) >= 11 is 0. The first-order valence-corrected chi connectivity index (χ1v) is 9.56. The molecular weight excluding hydrogens is 341 g/mol. The van der Waals surface area contributed by atoms with Gasteiger partial charge < -0.3 is 15.5 Å². The Morgan fingerprint density at radius 1 is 1.22 bits per heavy atom. The Bertz CT molecular complexity index is 837. The fraction of sp³-hybridized carbons (Fsp3) is 0.429. The van der Waals surface area contributed by atoms with Crippen molar-refractivity contribution < 1.29 is 4.39 Å². The van der Waals surface area contributed by atoms with Crippen molar-refractivity contribution in [1.29, 1.82) is 0 Å². The molecular formula is C21H26FN5. The van der Waals surface area contributed by atoms with E-state index in [2.05, 4.69) is 51.8 Å². The van der Waals surface area contributed by atoms with E-state index in [0.717, 1.165) is 31.9 Å². The summed E-state index contributed by atoms with van der Waals surface area (Å²) in [6, 6.07) is 12.3. The number of rotatable bonds is 4. The van der Waals surface area contributed by atoms with E-state index < -0.39 is 0 Å². The molecule has 1 saturated heterocycles. The summed E-state index contributed by atoms with van der Waals surface area (Å²) in [6.45, 7) is 3.68. The third kappa shape index (κ3) is 3.89. The number of nitrogens with zero attached hydrogens (tertiary/aromatic N) is 3. The smallest absolute Gasteiger partial charge is 0.191 e. The molecule has 5 nitrogen and oxygen atoms in total. The maximum Gasteiger partial charge on any atom is 0.191 e. The summed E-state index contributed by atoms with van der Waals surface area (Å²) in [5.74, 6) is 1.54. The number of nitrogens with one attached hydrogen (secondary N) is 2. The molecule has 2 heterocycles. The summed E-state index contributed by atoms with van der Waals surface area (Å²) in [5.41, 5.74) is 2.77. The third-order valence-corrected chi connectivity index (χ3v) is 5.49. The van der Waals surface area contributed by atoms with E-state index in [1.54, 1.807) is 19.3 Å². The predicted molar refractivity (Wildman–Crippen MR) is 107 cm³/mol. The lowest BCUT2D eigenvalue weighted by Crippen LogP contribution is -2.45. The van der Waals surface area contributed by atoms with Gasteiger partial charge in [0.05, 0.1) is 0 Å². The Morgan fingerprint density at radius 2 is 2.07 bits per heavy atom. The minimum absolute atomic E-state index is 0.230. The number of benzene rings is 1. The second-order valence-corrected chi connectivity index (χ2v) is 7.41. The van der Waals surface area contributed by atoms with Crippen molar-refractivity contribution in [3.63, 3.8) is 0 Å². The number of aliphatic imine (C=N–C) groups is 1. The molecule has 1 aliphatic carbocycles. The number of aromatic nitrogens is 1. The zero-order valence-electron chi connectivity index (χ0n) is 15.8. The quantitative estimate of drug-likeness (QED) is 0.645. The highest BCUT2D eigenvalue weighted by molar-refractivity contribution is 5.81. The topological polar surface area (TPSA) is 52.6 Å². The van der Waals surface area contributed by atoms with Crippen LogP contribution in [0.3, 0.4) is 0 Å². The number of hydrogen-bond donors (Lipinski definition) is 2. The molecule has 1 aromatic carbocycles. The molecule has 27 heavy (non-hydrogen) atoms. The molecule has 3 unspecified atom stereocenters. The second-order valence-electron chi connectivity index (χ2n) is 7.41. The van der Waals surface area contributed by atoms with Gasteiger partial charge in [0.25, 0.3) is 0 Å². The van der Waals surface area contributed by atoms with Gasteiger partial charge in [0, 0.05) is 44.3 Å². The molecule has 1 saturated carbocycles. The molecule has 3 atom stereocenters.